The molecule has 3 aromatic rings. The third kappa shape index (κ3) is 3.21. The van der Waals surface area contributed by atoms with Crippen LogP contribution in [-0.2, 0) is 33.1 Å². The van der Waals surface area contributed by atoms with Crippen LogP contribution in [0.4, 0.5) is 4.39 Å². The van der Waals surface area contributed by atoms with E-state index in [0.717, 1.165) is 5.56 Å². The largest absolute Gasteiger partial charge is 0.458 e. The standard InChI is InChI=1S/C27H26FN3O6/c1-4-27(36)18-7-21-24-16(10-31(21)25(34)17(18)11-37-26(27)35)23(13(3)30-9-14(32)6-22(30)33)15-5-12(2)19(28)8-20(15)29-24/h5,7-8,13-14,32,36H,4,6,9-11H2,1-3H3/t13-,14-,27+/m1/s1. The van der Waals surface area contributed by atoms with Crippen molar-refractivity contribution in [2.45, 2.75) is 64.5 Å². The number of rotatable bonds is 3. The van der Waals surface area contributed by atoms with Gasteiger partial charge in [0.25, 0.3) is 5.56 Å². The third-order valence-electron chi connectivity index (χ3n) is 8.04. The molecule has 37 heavy (non-hydrogen) atoms. The number of amides is 1. The Balaban J connectivity index is 1.64. The molecule has 3 aliphatic heterocycles. The van der Waals surface area contributed by atoms with Crippen LogP contribution in [0.15, 0.2) is 23.0 Å². The summed E-state index contributed by atoms with van der Waals surface area (Å²) >= 11 is 0. The molecule has 2 N–H and O–H groups in total. The Morgan fingerprint density at radius 1 is 1.24 bits per heavy atom. The van der Waals surface area contributed by atoms with Crippen molar-refractivity contribution < 1.29 is 28.9 Å². The minimum absolute atomic E-state index is 0.0197. The van der Waals surface area contributed by atoms with E-state index in [4.69, 9.17) is 9.72 Å². The van der Waals surface area contributed by atoms with Crippen molar-refractivity contribution >= 4 is 22.8 Å². The number of ether oxygens (including phenoxy) is 1. The number of aliphatic hydroxyl groups excluding tert-OH is 1. The quantitative estimate of drug-likeness (QED) is 0.408. The van der Waals surface area contributed by atoms with E-state index in [1.54, 1.807) is 30.9 Å². The first-order valence-electron chi connectivity index (χ1n) is 12.3. The highest BCUT2D eigenvalue weighted by Gasteiger charge is 2.46. The van der Waals surface area contributed by atoms with Gasteiger partial charge in [0.15, 0.2) is 5.60 Å². The highest BCUT2D eigenvalue weighted by Crippen LogP contribution is 2.43. The van der Waals surface area contributed by atoms with Gasteiger partial charge in [-0.2, -0.15) is 0 Å². The van der Waals surface area contributed by atoms with Gasteiger partial charge in [0, 0.05) is 29.1 Å². The number of fused-ring (bicyclic) bond motifs is 5. The number of halogens is 1. The molecular weight excluding hydrogens is 481 g/mol. The number of likely N-dealkylation sites (tertiary alicyclic amines) is 1. The first kappa shape index (κ1) is 23.7. The number of cyclic esters (lactones) is 1. The fourth-order valence-corrected chi connectivity index (χ4v) is 5.96. The van der Waals surface area contributed by atoms with Crippen LogP contribution in [0.1, 0.15) is 60.5 Å². The van der Waals surface area contributed by atoms with Crippen LogP contribution in [0.3, 0.4) is 0 Å². The van der Waals surface area contributed by atoms with Crippen molar-refractivity contribution in [3.8, 4) is 11.4 Å². The van der Waals surface area contributed by atoms with Gasteiger partial charge in [0.1, 0.15) is 12.4 Å². The van der Waals surface area contributed by atoms with Gasteiger partial charge in [0.2, 0.25) is 5.91 Å². The van der Waals surface area contributed by atoms with Crippen LogP contribution in [-0.4, -0.2) is 49.2 Å². The molecule has 0 spiro atoms. The van der Waals surface area contributed by atoms with Crippen molar-refractivity contribution in [2.75, 3.05) is 6.54 Å². The van der Waals surface area contributed by atoms with E-state index in [9.17, 15) is 29.0 Å². The molecule has 0 bridgehead atoms. The normalized spacial score (nSPS) is 23.2. The van der Waals surface area contributed by atoms with Crippen LogP contribution in [0, 0.1) is 12.7 Å². The molecule has 10 heteroatoms. The van der Waals surface area contributed by atoms with Gasteiger partial charge >= 0.3 is 5.97 Å². The summed E-state index contributed by atoms with van der Waals surface area (Å²) in [5, 5.41) is 21.9. The lowest BCUT2D eigenvalue weighted by molar-refractivity contribution is -0.172. The van der Waals surface area contributed by atoms with E-state index >= 15 is 0 Å². The Labute approximate surface area is 211 Å². The van der Waals surface area contributed by atoms with Crippen LogP contribution in [0.5, 0.6) is 0 Å². The summed E-state index contributed by atoms with van der Waals surface area (Å²) in [4.78, 5) is 45.1. The van der Waals surface area contributed by atoms with Crippen molar-refractivity contribution in [3.63, 3.8) is 0 Å². The molecule has 9 nitrogen and oxygen atoms in total. The number of aryl methyl sites for hydroxylation is 1. The lowest BCUT2D eigenvalue weighted by Crippen LogP contribution is -2.44. The molecule has 0 aliphatic carbocycles. The topological polar surface area (TPSA) is 122 Å². The highest BCUT2D eigenvalue weighted by atomic mass is 19.1. The second-order valence-corrected chi connectivity index (χ2v) is 10.2. The van der Waals surface area contributed by atoms with E-state index in [1.807, 2.05) is 6.92 Å². The van der Waals surface area contributed by atoms with E-state index in [0.29, 0.717) is 33.4 Å². The fourth-order valence-electron chi connectivity index (χ4n) is 5.96. The lowest BCUT2D eigenvalue weighted by Gasteiger charge is -2.31. The maximum absolute atomic E-state index is 14.6. The Bertz CT molecular complexity index is 1600. The van der Waals surface area contributed by atoms with Crippen LogP contribution in [0.2, 0.25) is 0 Å². The predicted octanol–water partition coefficient (Wildman–Crippen LogP) is 2.18. The summed E-state index contributed by atoms with van der Waals surface area (Å²) in [6.45, 7) is 5.21. The van der Waals surface area contributed by atoms with Gasteiger partial charge in [-0.3, -0.25) is 9.59 Å². The summed E-state index contributed by atoms with van der Waals surface area (Å²) in [5.74, 6) is -1.44. The summed E-state index contributed by atoms with van der Waals surface area (Å²) in [5.41, 5.74) is 1.09. The molecule has 0 radical (unpaired) electrons. The smallest absolute Gasteiger partial charge is 0.343 e. The number of β-amino-alcohol motifs (C(OH)–C–C–N with tert-alkyl or cyclic N) is 1. The second kappa shape index (κ2) is 7.93. The SMILES string of the molecule is CC[C@@]1(O)C(=O)OCc2c1cc1n(c2=O)Cc2c-1nc1cc(F)c(C)cc1c2[C@@H](C)N1C[C@H](O)CC1=O. The molecule has 1 aromatic carbocycles. The molecule has 0 saturated carbocycles. The number of aliphatic hydroxyl groups is 2. The number of carbonyl (C=O) groups is 2. The number of nitrogens with zero attached hydrogens (tertiary/aromatic N) is 3. The van der Waals surface area contributed by atoms with Crippen LogP contribution in [0.25, 0.3) is 22.3 Å². The molecule has 0 unspecified atom stereocenters. The molecule has 1 fully saturated rings. The Morgan fingerprint density at radius 3 is 2.68 bits per heavy atom. The Kier molecular flexibility index (Phi) is 5.09. The summed E-state index contributed by atoms with van der Waals surface area (Å²) in [6.07, 6.45) is -0.725. The van der Waals surface area contributed by atoms with E-state index in [2.05, 4.69) is 0 Å². The van der Waals surface area contributed by atoms with Crippen molar-refractivity contribution in [1.82, 2.24) is 14.5 Å². The number of hydrogen-bond donors (Lipinski definition) is 2. The average molecular weight is 508 g/mol. The minimum atomic E-state index is -1.96. The van der Waals surface area contributed by atoms with E-state index in [1.165, 1.54) is 10.6 Å². The average Bonchev–Trinajstić information content (AvgIpc) is 3.40. The zero-order valence-corrected chi connectivity index (χ0v) is 20.7. The van der Waals surface area contributed by atoms with E-state index < -0.39 is 35.1 Å². The van der Waals surface area contributed by atoms with Crippen LogP contribution >= 0.6 is 0 Å². The molecule has 3 aliphatic rings. The van der Waals surface area contributed by atoms with Crippen molar-refractivity contribution in [1.29, 1.82) is 0 Å². The molecule has 192 valence electrons. The zero-order valence-electron chi connectivity index (χ0n) is 20.7. The second-order valence-electron chi connectivity index (χ2n) is 10.2. The van der Waals surface area contributed by atoms with Gasteiger partial charge in [-0.25, -0.2) is 14.2 Å². The van der Waals surface area contributed by atoms with Gasteiger partial charge in [-0.15, -0.1) is 0 Å². The lowest BCUT2D eigenvalue weighted by atomic mass is 9.86. The summed E-state index contributed by atoms with van der Waals surface area (Å²) in [6, 6.07) is 4.15. The van der Waals surface area contributed by atoms with Crippen molar-refractivity contribution in [3.05, 3.63) is 62.2 Å². The minimum Gasteiger partial charge on any atom is -0.458 e. The Morgan fingerprint density at radius 2 is 2.00 bits per heavy atom. The number of aromatic nitrogens is 2. The molecule has 2 aromatic heterocycles. The predicted molar refractivity (Wildman–Crippen MR) is 130 cm³/mol. The monoisotopic (exact) mass is 507 g/mol. The van der Waals surface area contributed by atoms with Gasteiger partial charge in [-0.05, 0) is 43.5 Å². The maximum Gasteiger partial charge on any atom is 0.343 e. The maximum atomic E-state index is 14.6. The zero-order chi connectivity index (χ0) is 26.4. The molecule has 6 rings (SSSR count). The molecule has 5 heterocycles. The number of benzene rings is 1. The number of pyridine rings is 2. The van der Waals surface area contributed by atoms with Gasteiger partial charge < -0.3 is 24.4 Å². The van der Waals surface area contributed by atoms with E-state index in [-0.39, 0.29) is 49.6 Å². The number of carbonyl (C=O) groups excluding carboxylic acids is 2. The number of esters is 1. The molecular formula is C27H26FN3O6. The highest BCUT2D eigenvalue weighted by molar-refractivity contribution is 5.91. The summed E-state index contributed by atoms with van der Waals surface area (Å²) < 4.78 is 21.3. The molecule has 1 saturated heterocycles. The molecule has 3 atom stereocenters. The first-order chi connectivity index (χ1) is 17.5. The van der Waals surface area contributed by atoms with Crippen LogP contribution < -0.4 is 5.56 Å². The third-order valence-corrected chi connectivity index (χ3v) is 8.04. The number of hydrogen-bond acceptors (Lipinski definition) is 7. The van der Waals surface area contributed by atoms with Crippen molar-refractivity contribution in [2.24, 2.45) is 0 Å². The summed E-state index contributed by atoms with van der Waals surface area (Å²) in [7, 11) is 0. The molecule has 1 amide bonds. The first-order valence-corrected chi connectivity index (χ1v) is 12.3. The van der Waals surface area contributed by atoms with Gasteiger partial charge in [0.05, 0.1) is 47.6 Å². The fraction of sp³-hybridized carbons (Fsp3) is 0.407. The Hall–Kier alpha value is -3.63. The van der Waals surface area contributed by atoms with Gasteiger partial charge in [-0.1, -0.05) is 6.92 Å².